The molecule has 6 nitrogen and oxygen atoms in total. The van der Waals surface area contributed by atoms with Gasteiger partial charge in [0.25, 0.3) is 0 Å². The van der Waals surface area contributed by atoms with Gasteiger partial charge in [-0.1, -0.05) is 5.21 Å². The zero-order valence-electron chi connectivity index (χ0n) is 13.1. The van der Waals surface area contributed by atoms with E-state index in [1.54, 1.807) is 6.20 Å². The van der Waals surface area contributed by atoms with E-state index >= 15 is 0 Å². The van der Waals surface area contributed by atoms with E-state index in [1.165, 1.54) is 12.8 Å². The quantitative estimate of drug-likeness (QED) is 0.783. The molecule has 1 unspecified atom stereocenters. The van der Waals surface area contributed by atoms with Crippen LogP contribution in [-0.4, -0.2) is 26.0 Å². The van der Waals surface area contributed by atoms with E-state index in [-0.39, 0.29) is 11.6 Å². The van der Waals surface area contributed by atoms with E-state index in [0.717, 1.165) is 35.5 Å². The minimum atomic E-state index is 0.0501. The van der Waals surface area contributed by atoms with Crippen LogP contribution in [0.4, 0.5) is 5.69 Å². The highest BCUT2D eigenvalue weighted by molar-refractivity contribution is 5.77. The molecule has 23 heavy (non-hydrogen) atoms. The lowest BCUT2D eigenvalue weighted by Gasteiger charge is -2.25. The normalized spacial score (nSPS) is 20.6. The maximum atomic E-state index is 5.83. The molecule has 0 bridgehead atoms. The Kier molecular flexibility index (Phi) is 2.60. The molecule has 2 heterocycles. The van der Waals surface area contributed by atoms with Gasteiger partial charge in [0, 0.05) is 23.8 Å². The second kappa shape index (κ2) is 4.57. The molecule has 0 spiro atoms. The smallest absolute Gasteiger partial charge is 0.198 e. The highest BCUT2D eigenvalue weighted by Crippen LogP contribution is 2.47. The molecule has 1 aromatic carbocycles. The number of benzene rings is 1. The Morgan fingerprint density at radius 2 is 2.22 bits per heavy atom. The van der Waals surface area contributed by atoms with E-state index in [4.69, 9.17) is 4.42 Å². The Morgan fingerprint density at radius 1 is 1.35 bits per heavy atom. The van der Waals surface area contributed by atoms with Crippen LogP contribution < -0.4 is 5.32 Å². The summed E-state index contributed by atoms with van der Waals surface area (Å²) in [5.74, 6) is 1.44. The molecule has 6 heteroatoms. The van der Waals surface area contributed by atoms with Crippen LogP contribution in [0.15, 0.2) is 35.0 Å². The minimum Gasteiger partial charge on any atom is -0.440 e. The van der Waals surface area contributed by atoms with Crippen LogP contribution in [0.2, 0.25) is 0 Å². The number of nitrogens with zero attached hydrogens (tertiary/aromatic N) is 4. The van der Waals surface area contributed by atoms with Gasteiger partial charge < -0.3 is 9.73 Å². The van der Waals surface area contributed by atoms with E-state index < -0.39 is 0 Å². The highest BCUT2D eigenvalue weighted by Gasteiger charge is 2.50. The van der Waals surface area contributed by atoms with Crippen molar-refractivity contribution in [3.63, 3.8) is 0 Å². The Balaban J connectivity index is 1.40. The number of oxazole rings is 1. The molecule has 0 saturated heterocycles. The predicted octanol–water partition coefficient (Wildman–Crippen LogP) is 3.29. The molecule has 0 amide bonds. The van der Waals surface area contributed by atoms with Crippen LogP contribution in [0.1, 0.15) is 44.4 Å². The van der Waals surface area contributed by atoms with Crippen molar-refractivity contribution in [1.29, 1.82) is 0 Å². The average Bonchev–Trinajstić information content (AvgIpc) is 3.47. The number of rotatable bonds is 5. The third-order valence-corrected chi connectivity index (χ3v) is 5.16. The second-order valence-corrected chi connectivity index (χ2v) is 6.83. The summed E-state index contributed by atoms with van der Waals surface area (Å²) < 4.78 is 7.82. The molecule has 2 aromatic heterocycles. The number of hydrogen-bond acceptors (Lipinski definition) is 5. The van der Waals surface area contributed by atoms with Crippen molar-refractivity contribution in [1.82, 2.24) is 20.0 Å². The van der Waals surface area contributed by atoms with Crippen molar-refractivity contribution in [2.24, 2.45) is 0 Å². The molecule has 3 aromatic rings. The van der Waals surface area contributed by atoms with E-state index in [9.17, 15) is 0 Å². The zero-order valence-corrected chi connectivity index (χ0v) is 13.1. The fraction of sp³-hybridized carbons (Fsp3) is 0.471. The molecule has 1 N–H and O–H groups in total. The van der Waals surface area contributed by atoms with Gasteiger partial charge in [-0.15, -0.1) is 5.10 Å². The highest BCUT2D eigenvalue weighted by atomic mass is 16.3. The lowest BCUT2D eigenvalue weighted by atomic mass is 10.1. The third kappa shape index (κ3) is 2.12. The predicted molar refractivity (Wildman–Crippen MR) is 86.3 cm³/mol. The number of anilines is 1. The van der Waals surface area contributed by atoms with Gasteiger partial charge in [0.15, 0.2) is 11.5 Å². The maximum absolute atomic E-state index is 5.83. The van der Waals surface area contributed by atoms with Crippen molar-refractivity contribution in [3.8, 4) is 0 Å². The van der Waals surface area contributed by atoms with E-state index in [2.05, 4.69) is 39.7 Å². The fourth-order valence-corrected chi connectivity index (χ4v) is 3.36. The Hall–Kier alpha value is -2.37. The van der Waals surface area contributed by atoms with Crippen LogP contribution in [-0.2, 0) is 5.54 Å². The maximum Gasteiger partial charge on any atom is 0.198 e. The molecule has 5 rings (SSSR count). The van der Waals surface area contributed by atoms with Crippen LogP contribution in [0, 0.1) is 0 Å². The SMILES string of the molecule is CC(Nc1ccc2oc(C3CC3)nc2c1)C1(n2ccnn2)CC1. The van der Waals surface area contributed by atoms with Crippen LogP contribution in [0.25, 0.3) is 11.1 Å². The summed E-state index contributed by atoms with van der Waals surface area (Å²) in [7, 11) is 0. The first kappa shape index (κ1) is 13.1. The lowest BCUT2D eigenvalue weighted by Crippen LogP contribution is -2.36. The topological polar surface area (TPSA) is 68.8 Å². The van der Waals surface area contributed by atoms with Crippen LogP contribution in [0.5, 0.6) is 0 Å². The number of fused-ring (bicyclic) bond motifs is 1. The molecule has 0 radical (unpaired) electrons. The number of nitrogens with one attached hydrogen (secondary N) is 1. The average molecular weight is 309 g/mol. The second-order valence-electron chi connectivity index (χ2n) is 6.83. The minimum absolute atomic E-state index is 0.0501. The molecular formula is C17H19N5O. The summed E-state index contributed by atoms with van der Waals surface area (Å²) in [6.07, 6.45) is 8.36. The van der Waals surface area contributed by atoms with Crippen molar-refractivity contribution >= 4 is 16.8 Å². The van der Waals surface area contributed by atoms with Crippen molar-refractivity contribution in [3.05, 3.63) is 36.5 Å². The molecule has 2 fully saturated rings. The van der Waals surface area contributed by atoms with Gasteiger partial charge in [0.05, 0.1) is 11.7 Å². The van der Waals surface area contributed by atoms with Crippen molar-refractivity contribution < 1.29 is 4.42 Å². The largest absolute Gasteiger partial charge is 0.440 e. The molecule has 1 atom stereocenters. The summed E-state index contributed by atoms with van der Waals surface area (Å²) in [5.41, 5.74) is 2.94. The first-order valence-electron chi connectivity index (χ1n) is 8.28. The van der Waals surface area contributed by atoms with E-state index in [0.29, 0.717) is 5.92 Å². The molecule has 118 valence electrons. The number of aromatic nitrogens is 4. The van der Waals surface area contributed by atoms with Crippen molar-refractivity contribution in [2.45, 2.75) is 50.1 Å². The standard InChI is InChI=1S/C17H19N5O/c1-11(17(6-7-17)22-9-8-18-21-22)19-13-4-5-15-14(10-13)20-16(23-15)12-2-3-12/h4-5,8-12,19H,2-3,6-7H2,1H3. The van der Waals surface area contributed by atoms with Gasteiger partial charge in [-0.2, -0.15) is 0 Å². The zero-order chi connectivity index (χ0) is 15.4. The first-order valence-corrected chi connectivity index (χ1v) is 8.28. The van der Waals surface area contributed by atoms with Gasteiger partial charge in [-0.3, -0.25) is 0 Å². The monoisotopic (exact) mass is 309 g/mol. The third-order valence-electron chi connectivity index (χ3n) is 5.16. The molecular weight excluding hydrogens is 290 g/mol. The van der Waals surface area contributed by atoms with Gasteiger partial charge in [0.1, 0.15) is 5.52 Å². The Bertz CT molecular complexity index is 845. The Labute approximate surface area is 133 Å². The fourth-order valence-electron chi connectivity index (χ4n) is 3.36. The molecule has 2 aliphatic carbocycles. The lowest BCUT2D eigenvalue weighted by molar-refractivity contribution is 0.377. The number of hydrogen-bond donors (Lipinski definition) is 1. The molecule has 2 saturated carbocycles. The van der Waals surface area contributed by atoms with Crippen LogP contribution in [0.3, 0.4) is 0 Å². The summed E-state index contributed by atoms with van der Waals surface area (Å²) in [5, 5.41) is 11.7. The summed E-state index contributed by atoms with van der Waals surface area (Å²) in [6, 6.07) is 6.44. The van der Waals surface area contributed by atoms with Gasteiger partial charge in [-0.25, -0.2) is 9.67 Å². The van der Waals surface area contributed by atoms with E-state index in [1.807, 2.05) is 16.9 Å². The van der Waals surface area contributed by atoms with Crippen molar-refractivity contribution in [2.75, 3.05) is 5.32 Å². The summed E-state index contributed by atoms with van der Waals surface area (Å²) in [4.78, 5) is 4.64. The molecule has 0 aliphatic heterocycles. The first-order chi connectivity index (χ1) is 11.2. The van der Waals surface area contributed by atoms with Gasteiger partial charge in [0.2, 0.25) is 0 Å². The summed E-state index contributed by atoms with van der Waals surface area (Å²) in [6.45, 7) is 2.21. The van der Waals surface area contributed by atoms with Crippen LogP contribution >= 0.6 is 0 Å². The Morgan fingerprint density at radius 3 is 2.91 bits per heavy atom. The van der Waals surface area contributed by atoms with Gasteiger partial charge >= 0.3 is 0 Å². The summed E-state index contributed by atoms with van der Waals surface area (Å²) >= 11 is 0. The molecule has 2 aliphatic rings. The van der Waals surface area contributed by atoms with Gasteiger partial charge in [-0.05, 0) is 50.8 Å².